The molecule has 0 spiro atoms. The summed E-state index contributed by atoms with van der Waals surface area (Å²) in [5.74, 6) is -2.26. The normalized spacial score (nSPS) is 27.1. The van der Waals surface area contributed by atoms with Crippen molar-refractivity contribution in [3.8, 4) is 0 Å². The molecule has 5 nitrogen and oxygen atoms in total. The largest absolute Gasteiger partial charge is 0.478 e. The number of carbonyl (C=O) groups is 2. The molecule has 2 aliphatic heterocycles. The highest BCUT2D eigenvalue weighted by Gasteiger charge is 2.49. The van der Waals surface area contributed by atoms with Crippen molar-refractivity contribution in [2.45, 2.75) is 23.0 Å². The van der Waals surface area contributed by atoms with E-state index in [4.69, 9.17) is 28.3 Å². The van der Waals surface area contributed by atoms with Crippen LogP contribution in [0.5, 0.6) is 0 Å². The van der Waals surface area contributed by atoms with E-state index in [0.717, 1.165) is 12.1 Å². The van der Waals surface area contributed by atoms with Gasteiger partial charge in [0.15, 0.2) is 5.00 Å². The lowest BCUT2D eigenvalue weighted by atomic mass is 9.94. The van der Waals surface area contributed by atoms with E-state index < -0.39 is 33.5 Å². The molecule has 0 radical (unpaired) electrons. The Morgan fingerprint density at radius 3 is 2.41 bits per heavy atom. The number of ketones is 1. The Morgan fingerprint density at radius 1 is 1.19 bits per heavy atom. The van der Waals surface area contributed by atoms with Crippen molar-refractivity contribution in [1.82, 2.24) is 5.32 Å². The van der Waals surface area contributed by atoms with Crippen molar-refractivity contribution in [1.29, 1.82) is 0 Å². The number of nitrogens with one attached hydrogen (secondary N) is 1. The SMILES string of the molecule is CC1(Cl)C=C(C(F)(F)F)N=C2NC(Cl)(C(=O)c3cccc(C(=O)O)c3)C=C21. The maximum Gasteiger partial charge on any atom is 0.433 e. The molecule has 2 atom stereocenters. The van der Waals surface area contributed by atoms with Gasteiger partial charge in [0, 0.05) is 11.1 Å². The first-order valence-electron chi connectivity index (χ1n) is 7.50. The Balaban J connectivity index is 2.01. The molecule has 27 heavy (non-hydrogen) atoms. The highest BCUT2D eigenvalue weighted by molar-refractivity contribution is 6.43. The van der Waals surface area contributed by atoms with Crippen LogP contribution in [0.15, 0.2) is 52.7 Å². The monoisotopic (exact) mass is 418 g/mol. The van der Waals surface area contributed by atoms with Crippen molar-refractivity contribution in [2.75, 3.05) is 0 Å². The van der Waals surface area contributed by atoms with Crippen LogP contribution in [0, 0.1) is 0 Å². The van der Waals surface area contributed by atoms with E-state index in [-0.39, 0.29) is 22.5 Å². The number of carboxylic acid groups (broad SMARTS) is 1. The molecule has 2 aliphatic rings. The van der Waals surface area contributed by atoms with Gasteiger partial charge >= 0.3 is 12.1 Å². The average molecular weight is 419 g/mol. The molecule has 0 bridgehead atoms. The summed E-state index contributed by atoms with van der Waals surface area (Å²) in [6.45, 7) is 1.32. The zero-order valence-corrected chi connectivity index (χ0v) is 15.1. The summed E-state index contributed by atoms with van der Waals surface area (Å²) in [5.41, 5.74) is -1.26. The van der Waals surface area contributed by atoms with Crippen LogP contribution in [-0.4, -0.2) is 38.7 Å². The Morgan fingerprint density at radius 2 is 1.81 bits per heavy atom. The number of alkyl halides is 5. The van der Waals surface area contributed by atoms with Gasteiger partial charge in [-0.25, -0.2) is 9.79 Å². The number of aromatic carboxylic acids is 1. The lowest BCUT2D eigenvalue weighted by molar-refractivity contribution is -0.0928. The molecule has 2 unspecified atom stereocenters. The number of benzene rings is 1. The number of halogens is 5. The third-order valence-corrected chi connectivity index (χ3v) is 4.75. The fourth-order valence-corrected chi connectivity index (χ4v) is 3.32. The van der Waals surface area contributed by atoms with Crippen LogP contribution in [0.2, 0.25) is 0 Å². The standard InChI is InChI=1S/C17H11Cl2F3N2O3/c1-15(18)7-11(17(20,21)22)23-13-10(15)6-16(19,24-13)12(25)8-3-2-4-9(5-8)14(26)27/h2-7H,1H3,(H,23,24)(H,26,27). The van der Waals surface area contributed by atoms with E-state index in [1.54, 1.807) is 0 Å². The number of aliphatic imine (C=N–C) groups is 1. The van der Waals surface area contributed by atoms with E-state index in [9.17, 15) is 22.8 Å². The lowest BCUT2D eigenvalue weighted by Gasteiger charge is -2.26. The first-order chi connectivity index (χ1) is 12.3. The van der Waals surface area contributed by atoms with Crippen molar-refractivity contribution in [3.05, 3.63) is 58.8 Å². The third-order valence-electron chi connectivity index (χ3n) is 4.06. The van der Waals surface area contributed by atoms with Crippen LogP contribution in [0.25, 0.3) is 0 Å². The molecule has 0 fully saturated rings. The average Bonchev–Trinajstić information content (AvgIpc) is 2.92. The van der Waals surface area contributed by atoms with Crippen LogP contribution in [0.4, 0.5) is 13.2 Å². The van der Waals surface area contributed by atoms with Crippen LogP contribution < -0.4 is 5.32 Å². The predicted molar refractivity (Wildman–Crippen MR) is 93.4 cm³/mol. The number of carboxylic acids is 1. The molecule has 142 valence electrons. The molecule has 2 heterocycles. The number of carbonyl (C=O) groups excluding carboxylic acids is 1. The van der Waals surface area contributed by atoms with Gasteiger partial charge in [0.25, 0.3) is 0 Å². The van der Waals surface area contributed by atoms with Gasteiger partial charge < -0.3 is 10.4 Å². The van der Waals surface area contributed by atoms with Crippen molar-refractivity contribution >= 4 is 40.8 Å². The van der Waals surface area contributed by atoms with Gasteiger partial charge in [-0.05, 0) is 31.2 Å². The first-order valence-corrected chi connectivity index (χ1v) is 8.26. The summed E-state index contributed by atoms with van der Waals surface area (Å²) >= 11 is 12.5. The molecule has 0 aromatic heterocycles. The van der Waals surface area contributed by atoms with Crippen LogP contribution in [0.3, 0.4) is 0 Å². The number of Topliss-reactive ketones (excluding diaryl/α,β-unsaturated/α-hetero) is 1. The second kappa shape index (κ2) is 6.10. The minimum Gasteiger partial charge on any atom is -0.478 e. The van der Waals surface area contributed by atoms with Gasteiger partial charge in [0.1, 0.15) is 11.5 Å². The Hall–Kier alpha value is -2.32. The van der Waals surface area contributed by atoms with E-state index >= 15 is 0 Å². The molecule has 0 aliphatic carbocycles. The van der Waals surface area contributed by atoms with Gasteiger partial charge in [0.2, 0.25) is 5.78 Å². The maximum atomic E-state index is 13.0. The molecule has 0 saturated carbocycles. The first kappa shape index (κ1) is 19.4. The summed E-state index contributed by atoms with van der Waals surface area (Å²) in [7, 11) is 0. The summed E-state index contributed by atoms with van der Waals surface area (Å²) < 4.78 is 39.1. The van der Waals surface area contributed by atoms with Gasteiger partial charge in [-0.2, -0.15) is 13.2 Å². The zero-order chi connectivity index (χ0) is 20.2. The minimum atomic E-state index is -4.73. The third kappa shape index (κ3) is 3.46. The number of nitrogens with zero attached hydrogens (tertiary/aromatic N) is 1. The second-order valence-corrected chi connectivity index (χ2v) is 7.55. The summed E-state index contributed by atoms with van der Waals surface area (Å²) in [4.78, 5) is 23.8. The predicted octanol–water partition coefficient (Wildman–Crippen LogP) is 3.89. The summed E-state index contributed by atoms with van der Waals surface area (Å²) in [6, 6.07) is 5.12. The maximum absolute atomic E-state index is 13.0. The van der Waals surface area contributed by atoms with E-state index in [2.05, 4.69) is 10.3 Å². The minimum absolute atomic E-state index is 0.0335. The van der Waals surface area contributed by atoms with Gasteiger partial charge in [-0.1, -0.05) is 23.7 Å². The summed E-state index contributed by atoms with van der Waals surface area (Å²) in [5, 5.41) is 11.5. The van der Waals surface area contributed by atoms with Gasteiger partial charge in [-0.15, -0.1) is 11.6 Å². The van der Waals surface area contributed by atoms with E-state index in [1.807, 2.05) is 0 Å². The molecule has 1 aromatic carbocycles. The van der Waals surface area contributed by atoms with Crippen molar-refractivity contribution < 1.29 is 27.9 Å². The molecule has 2 N–H and O–H groups in total. The molecule has 10 heteroatoms. The fourth-order valence-electron chi connectivity index (χ4n) is 2.76. The quantitative estimate of drug-likeness (QED) is 0.443. The van der Waals surface area contributed by atoms with Crippen LogP contribution in [0.1, 0.15) is 27.6 Å². The summed E-state index contributed by atoms with van der Waals surface area (Å²) in [6.07, 6.45) is -2.79. The number of allylic oxidation sites excluding steroid dienone is 2. The molecule has 0 saturated heterocycles. The zero-order valence-electron chi connectivity index (χ0n) is 13.6. The number of amidine groups is 1. The lowest BCUT2D eigenvalue weighted by Crippen LogP contribution is -2.45. The Bertz CT molecular complexity index is 951. The number of hydrogen-bond acceptors (Lipinski definition) is 4. The van der Waals surface area contributed by atoms with Gasteiger partial charge in [-0.3, -0.25) is 4.79 Å². The Kier molecular flexibility index (Phi) is 4.39. The van der Waals surface area contributed by atoms with Crippen LogP contribution >= 0.6 is 23.2 Å². The number of rotatable bonds is 3. The topological polar surface area (TPSA) is 78.8 Å². The number of fused-ring (bicyclic) bond motifs is 1. The molecular weight excluding hydrogens is 408 g/mol. The van der Waals surface area contributed by atoms with E-state index in [0.29, 0.717) is 0 Å². The molecule has 1 aromatic rings. The molecule has 0 amide bonds. The van der Waals surface area contributed by atoms with Crippen molar-refractivity contribution in [2.24, 2.45) is 4.99 Å². The van der Waals surface area contributed by atoms with Gasteiger partial charge in [0.05, 0.1) is 10.4 Å². The Labute approximate surface area is 161 Å². The van der Waals surface area contributed by atoms with Crippen molar-refractivity contribution in [3.63, 3.8) is 0 Å². The molecular formula is C17H11Cl2F3N2O3. The number of hydrogen-bond donors (Lipinski definition) is 2. The second-order valence-electron chi connectivity index (χ2n) is 6.17. The highest BCUT2D eigenvalue weighted by Crippen LogP contribution is 2.42. The van der Waals surface area contributed by atoms with E-state index in [1.165, 1.54) is 31.2 Å². The molecule has 3 rings (SSSR count). The van der Waals surface area contributed by atoms with Crippen LogP contribution in [-0.2, 0) is 0 Å². The smallest absolute Gasteiger partial charge is 0.433 e. The fraction of sp³-hybridized carbons (Fsp3) is 0.235. The highest BCUT2D eigenvalue weighted by atomic mass is 35.5.